The van der Waals surface area contributed by atoms with E-state index in [4.69, 9.17) is 4.74 Å². The van der Waals surface area contributed by atoms with Crippen LogP contribution in [0.15, 0.2) is 66.7 Å². The molecule has 0 saturated heterocycles. The number of esters is 1. The number of carbonyl (C=O) groups excluding carboxylic acids is 2. The minimum atomic E-state index is -0.757. The van der Waals surface area contributed by atoms with Crippen LogP contribution in [0.4, 0.5) is 0 Å². The lowest BCUT2D eigenvalue weighted by molar-refractivity contribution is -0.142. The Labute approximate surface area is 171 Å². The summed E-state index contributed by atoms with van der Waals surface area (Å²) >= 11 is 0. The Kier molecular flexibility index (Phi) is 6.02. The van der Waals surface area contributed by atoms with Crippen molar-refractivity contribution in [1.29, 1.82) is 0 Å². The lowest BCUT2D eigenvalue weighted by Crippen LogP contribution is -2.43. The van der Waals surface area contributed by atoms with Crippen molar-refractivity contribution in [3.05, 3.63) is 83.4 Å². The minimum absolute atomic E-state index is 0.0584. The van der Waals surface area contributed by atoms with Gasteiger partial charge in [-0.05, 0) is 33.4 Å². The predicted octanol–water partition coefficient (Wildman–Crippen LogP) is 4.65. The smallest absolute Gasteiger partial charge is 0.328 e. The van der Waals surface area contributed by atoms with Gasteiger partial charge in [0, 0.05) is 12.0 Å². The molecule has 3 aromatic rings. The van der Waals surface area contributed by atoms with E-state index in [1.807, 2.05) is 48.5 Å². The highest BCUT2D eigenvalue weighted by molar-refractivity contribution is 6.08. The number of rotatable bonds is 5. The van der Waals surface area contributed by atoms with E-state index in [0.717, 1.165) is 16.3 Å². The van der Waals surface area contributed by atoms with Gasteiger partial charge >= 0.3 is 5.97 Å². The van der Waals surface area contributed by atoms with Gasteiger partial charge in [-0.15, -0.1) is 0 Å². The Morgan fingerprint density at radius 2 is 1.59 bits per heavy atom. The average Bonchev–Trinajstić information content (AvgIpc) is 2.72. The van der Waals surface area contributed by atoms with Crippen LogP contribution >= 0.6 is 0 Å². The molecule has 3 rings (SSSR count). The number of amides is 1. The zero-order chi connectivity index (χ0) is 21.0. The zero-order valence-corrected chi connectivity index (χ0v) is 17.4. The molecule has 0 aliphatic carbocycles. The van der Waals surface area contributed by atoms with Gasteiger partial charge in [0.2, 0.25) is 0 Å². The van der Waals surface area contributed by atoms with Crippen molar-refractivity contribution in [2.45, 2.75) is 38.6 Å². The summed E-state index contributed by atoms with van der Waals surface area (Å²) in [5, 5.41) is 4.69. The SMILES string of the molecule is COC(=O)[C@@H](Cc1ccc(C(C)(C)C)cc1)NC(=O)c1cccc2ccccc12. The van der Waals surface area contributed by atoms with Gasteiger partial charge in [-0.25, -0.2) is 4.79 Å². The third kappa shape index (κ3) is 4.83. The van der Waals surface area contributed by atoms with Crippen molar-refractivity contribution in [3.8, 4) is 0 Å². The van der Waals surface area contributed by atoms with Crippen LogP contribution in [0.25, 0.3) is 10.8 Å². The number of carbonyl (C=O) groups is 2. The normalized spacial score (nSPS) is 12.4. The standard InChI is InChI=1S/C25H27NO3/c1-25(2,3)19-14-12-17(13-15-19)16-22(24(28)29-4)26-23(27)21-11-7-9-18-8-5-6-10-20(18)21/h5-15,22H,16H2,1-4H3,(H,26,27)/t22-/m1/s1. The fourth-order valence-electron chi connectivity index (χ4n) is 3.37. The van der Waals surface area contributed by atoms with E-state index in [2.05, 4.69) is 38.2 Å². The van der Waals surface area contributed by atoms with Crippen molar-refractivity contribution in [2.75, 3.05) is 7.11 Å². The Morgan fingerprint density at radius 3 is 2.24 bits per heavy atom. The van der Waals surface area contributed by atoms with Crippen LogP contribution in [0.1, 0.15) is 42.3 Å². The maximum absolute atomic E-state index is 12.9. The minimum Gasteiger partial charge on any atom is -0.467 e. The van der Waals surface area contributed by atoms with Gasteiger partial charge in [0.15, 0.2) is 0 Å². The van der Waals surface area contributed by atoms with Gasteiger partial charge in [0.05, 0.1) is 7.11 Å². The second-order valence-electron chi connectivity index (χ2n) is 8.23. The van der Waals surface area contributed by atoms with Crippen LogP contribution in [0.2, 0.25) is 0 Å². The maximum Gasteiger partial charge on any atom is 0.328 e. The van der Waals surface area contributed by atoms with Crippen LogP contribution in [0.3, 0.4) is 0 Å². The van der Waals surface area contributed by atoms with Gasteiger partial charge in [-0.1, -0.05) is 81.4 Å². The van der Waals surface area contributed by atoms with Gasteiger partial charge in [-0.2, -0.15) is 0 Å². The average molecular weight is 389 g/mol. The summed E-state index contributed by atoms with van der Waals surface area (Å²) in [4.78, 5) is 25.3. The summed E-state index contributed by atoms with van der Waals surface area (Å²) in [7, 11) is 1.34. The number of hydrogen-bond donors (Lipinski definition) is 1. The summed E-state index contributed by atoms with van der Waals surface area (Å²) < 4.78 is 4.93. The fourth-order valence-corrected chi connectivity index (χ4v) is 3.37. The number of methoxy groups -OCH3 is 1. The van der Waals surface area contributed by atoms with Gasteiger partial charge in [-0.3, -0.25) is 4.79 Å². The number of fused-ring (bicyclic) bond motifs is 1. The van der Waals surface area contributed by atoms with Gasteiger partial charge in [0.1, 0.15) is 6.04 Å². The molecule has 1 amide bonds. The number of hydrogen-bond acceptors (Lipinski definition) is 3. The van der Waals surface area contributed by atoms with Gasteiger partial charge in [0.25, 0.3) is 5.91 Å². The summed E-state index contributed by atoms with van der Waals surface area (Å²) in [5.41, 5.74) is 2.78. The van der Waals surface area contributed by atoms with Crippen LogP contribution in [-0.4, -0.2) is 25.0 Å². The molecule has 0 spiro atoms. The first kappa shape index (κ1) is 20.6. The topological polar surface area (TPSA) is 55.4 Å². The van der Waals surface area contributed by atoms with Crippen molar-refractivity contribution in [1.82, 2.24) is 5.32 Å². The fraction of sp³-hybridized carbons (Fsp3) is 0.280. The third-order valence-electron chi connectivity index (χ3n) is 5.09. The van der Waals surface area contributed by atoms with Crippen LogP contribution < -0.4 is 5.32 Å². The number of ether oxygens (including phenoxy) is 1. The van der Waals surface area contributed by atoms with Crippen molar-refractivity contribution in [3.63, 3.8) is 0 Å². The highest BCUT2D eigenvalue weighted by atomic mass is 16.5. The lowest BCUT2D eigenvalue weighted by atomic mass is 9.86. The molecule has 0 unspecified atom stereocenters. The second kappa shape index (κ2) is 8.48. The molecule has 150 valence electrons. The summed E-state index contributed by atoms with van der Waals surface area (Å²) in [5.74, 6) is -0.748. The summed E-state index contributed by atoms with van der Waals surface area (Å²) in [6, 6.07) is 20.6. The van der Waals surface area contributed by atoms with E-state index >= 15 is 0 Å². The van der Waals surface area contributed by atoms with Crippen LogP contribution in [0.5, 0.6) is 0 Å². The second-order valence-corrected chi connectivity index (χ2v) is 8.23. The predicted molar refractivity (Wildman–Crippen MR) is 116 cm³/mol. The molecule has 1 N–H and O–H groups in total. The Hall–Kier alpha value is -3.14. The molecular weight excluding hydrogens is 362 g/mol. The molecule has 29 heavy (non-hydrogen) atoms. The van der Waals surface area contributed by atoms with Crippen molar-refractivity contribution in [2.24, 2.45) is 0 Å². The quantitative estimate of drug-likeness (QED) is 0.646. The lowest BCUT2D eigenvalue weighted by Gasteiger charge is -2.20. The van der Waals surface area contributed by atoms with Crippen LogP contribution in [0, 0.1) is 0 Å². The number of nitrogens with one attached hydrogen (secondary N) is 1. The highest BCUT2D eigenvalue weighted by Gasteiger charge is 2.24. The highest BCUT2D eigenvalue weighted by Crippen LogP contribution is 2.23. The Balaban J connectivity index is 1.82. The molecule has 0 aliphatic rings. The maximum atomic E-state index is 12.9. The molecule has 0 saturated carbocycles. The first-order valence-electron chi connectivity index (χ1n) is 9.75. The van der Waals surface area contributed by atoms with E-state index in [0.29, 0.717) is 12.0 Å². The number of benzene rings is 3. The molecule has 0 aromatic heterocycles. The molecule has 0 radical (unpaired) electrons. The van der Waals surface area contributed by atoms with Crippen molar-refractivity contribution < 1.29 is 14.3 Å². The molecule has 0 fully saturated rings. The van der Waals surface area contributed by atoms with E-state index in [9.17, 15) is 9.59 Å². The van der Waals surface area contributed by atoms with E-state index < -0.39 is 12.0 Å². The molecule has 0 aliphatic heterocycles. The van der Waals surface area contributed by atoms with E-state index in [1.165, 1.54) is 12.7 Å². The first-order chi connectivity index (χ1) is 13.8. The largest absolute Gasteiger partial charge is 0.467 e. The molecule has 3 aromatic carbocycles. The monoisotopic (exact) mass is 389 g/mol. The summed E-state index contributed by atoms with van der Waals surface area (Å²) in [6.45, 7) is 6.47. The zero-order valence-electron chi connectivity index (χ0n) is 17.4. The first-order valence-corrected chi connectivity index (χ1v) is 9.75. The molecule has 4 nitrogen and oxygen atoms in total. The molecular formula is C25H27NO3. The van der Waals surface area contributed by atoms with Crippen molar-refractivity contribution >= 4 is 22.6 Å². The van der Waals surface area contributed by atoms with Gasteiger partial charge < -0.3 is 10.1 Å². The molecule has 4 heteroatoms. The summed E-state index contributed by atoms with van der Waals surface area (Å²) in [6.07, 6.45) is 0.369. The van der Waals surface area contributed by atoms with Crippen LogP contribution in [-0.2, 0) is 21.4 Å². The Bertz CT molecular complexity index is 1010. The molecule has 1 atom stereocenters. The molecule has 0 heterocycles. The van der Waals surface area contributed by atoms with E-state index in [-0.39, 0.29) is 11.3 Å². The van der Waals surface area contributed by atoms with E-state index in [1.54, 1.807) is 6.07 Å². The Morgan fingerprint density at radius 1 is 0.931 bits per heavy atom. The third-order valence-corrected chi connectivity index (χ3v) is 5.09. The molecule has 0 bridgehead atoms.